The van der Waals surface area contributed by atoms with Crippen molar-refractivity contribution in [2.45, 2.75) is 31.4 Å². The van der Waals surface area contributed by atoms with Crippen LogP contribution in [0.15, 0.2) is 30.3 Å². The second-order valence-corrected chi connectivity index (χ2v) is 4.02. The number of ether oxygens (including phenoxy) is 1. The second-order valence-electron chi connectivity index (χ2n) is 3.00. The maximum atomic E-state index is 5.59. The Bertz CT molecular complexity index is 223. The van der Waals surface area contributed by atoms with E-state index in [2.05, 4.69) is 35.0 Å². The minimum Gasteiger partial charge on any atom is -0.362 e. The quantitative estimate of drug-likeness (QED) is 0.716. The van der Waals surface area contributed by atoms with Crippen molar-refractivity contribution in [2.24, 2.45) is 0 Å². The van der Waals surface area contributed by atoms with Gasteiger partial charge in [0.15, 0.2) is 0 Å². The van der Waals surface area contributed by atoms with E-state index in [4.69, 9.17) is 4.74 Å². The molecule has 0 spiro atoms. The van der Waals surface area contributed by atoms with Gasteiger partial charge in [-0.05, 0) is 12.0 Å². The summed E-state index contributed by atoms with van der Waals surface area (Å²) in [5.41, 5.74) is 1.23. The topological polar surface area (TPSA) is 9.23 Å². The van der Waals surface area contributed by atoms with Gasteiger partial charge < -0.3 is 4.74 Å². The third-order valence-corrected chi connectivity index (χ3v) is 2.51. The van der Waals surface area contributed by atoms with Crippen molar-refractivity contribution < 1.29 is 4.74 Å². The molecule has 1 aromatic rings. The Labute approximate surface area is 88.2 Å². The van der Waals surface area contributed by atoms with Crippen LogP contribution in [-0.2, 0) is 11.3 Å². The van der Waals surface area contributed by atoms with E-state index in [1.807, 2.05) is 18.2 Å². The summed E-state index contributed by atoms with van der Waals surface area (Å²) in [5, 5.41) is 0.192. The van der Waals surface area contributed by atoms with Gasteiger partial charge in [-0.3, -0.25) is 0 Å². The molecule has 13 heavy (non-hydrogen) atoms. The molecule has 0 N–H and O–H groups in total. The molecule has 1 aromatic carbocycles. The van der Waals surface area contributed by atoms with Gasteiger partial charge in [0, 0.05) is 0 Å². The van der Waals surface area contributed by atoms with Gasteiger partial charge in [0.1, 0.15) is 5.01 Å². The monoisotopic (exact) mass is 242 g/mol. The first kappa shape index (κ1) is 10.7. The van der Waals surface area contributed by atoms with E-state index in [1.54, 1.807) is 0 Å². The van der Waals surface area contributed by atoms with Gasteiger partial charge in [-0.25, -0.2) is 0 Å². The largest absolute Gasteiger partial charge is 0.362 e. The van der Waals surface area contributed by atoms with Crippen LogP contribution in [0.1, 0.15) is 25.3 Å². The molecule has 72 valence electrons. The van der Waals surface area contributed by atoms with Crippen LogP contribution in [0.25, 0.3) is 0 Å². The highest BCUT2D eigenvalue weighted by Crippen LogP contribution is 2.12. The van der Waals surface area contributed by atoms with Crippen molar-refractivity contribution in [3.05, 3.63) is 35.9 Å². The SMILES string of the molecule is CCCC(Br)OCc1ccccc1. The zero-order valence-electron chi connectivity index (χ0n) is 7.87. The Hall–Kier alpha value is -0.340. The molecule has 0 aliphatic rings. The lowest BCUT2D eigenvalue weighted by atomic mass is 10.2. The maximum absolute atomic E-state index is 5.59. The maximum Gasteiger partial charge on any atom is 0.112 e. The first-order valence-electron chi connectivity index (χ1n) is 4.62. The first-order chi connectivity index (χ1) is 6.33. The Kier molecular flexibility index (Phi) is 5.09. The molecule has 0 bridgehead atoms. The molecule has 0 aromatic heterocycles. The van der Waals surface area contributed by atoms with E-state index in [0.717, 1.165) is 12.8 Å². The van der Waals surface area contributed by atoms with Crippen molar-refractivity contribution in [3.8, 4) is 0 Å². The molecule has 0 aliphatic carbocycles. The first-order valence-corrected chi connectivity index (χ1v) is 5.54. The van der Waals surface area contributed by atoms with Gasteiger partial charge in [-0.15, -0.1) is 0 Å². The van der Waals surface area contributed by atoms with E-state index in [0.29, 0.717) is 6.61 Å². The van der Waals surface area contributed by atoms with Crippen LogP contribution in [0.2, 0.25) is 0 Å². The molecule has 1 unspecified atom stereocenters. The molecule has 1 nitrogen and oxygen atoms in total. The van der Waals surface area contributed by atoms with Crippen molar-refractivity contribution in [2.75, 3.05) is 0 Å². The Balaban J connectivity index is 2.27. The van der Waals surface area contributed by atoms with E-state index >= 15 is 0 Å². The van der Waals surface area contributed by atoms with Crippen LogP contribution < -0.4 is 0 Å². The molecule has 2 heteroatoms. The fourth-order valence-electron chi connectivity index (χ4n) is 1.07. The van der Waals surface area contributed by atoms with Gasteiger partial charge in [0.2, 0.25) is 0 Å². The average molecular weight is 243 g/mol. The molecular weight excluding hydrogens is 228 g/mol. The highest BCUT2D eigenvalue weighted by molar-refractivity contribution is 9.09. The Morgan fingerprint density at radius 3 is 2.62 bits per heavy atom. The summed E-state index contributed by atoms with van der Waals surface area (Å²) in [5.74, 6) is 0. The van der Waals surface area contributed by atoms with Crippen LogP contribution >= 0.6 is 15.9 Å². The van der Waals surface area contributed by atoms with Crippen LogP contribution in [0, 0.1) is 0 Å². The van der Waals surface area contributed by atoms with Crippen LogP contribution in [-0.4, -0.2) is 5.01 Å². The number of hydrogen-bond acceptors (Lipinski definition) is 1. The van der Waals surface area contributed by atoms with Crippen molar-refractivity contribution in [1.82, 2.24) is 0 Å². The van der Waals surface area contributed by atoms with Gasteiger partial charge in [-0.2, -0.15) is 0 Å². The highest BCUT2D eigenvalue weighted by atomic mass is 79.9. The normalized spacial score (nSPS) is 12.8. The zero-order valence-corrected chi connectivity index (χ0v) is 9.46. The van der Waals surface area contributed by atoms with Crippen LogP contribution in [0.3, 0.4) is 0 Å². The zero-order chi connectivity index (χ0) is 9.52. The molecule has 0 saturated heterocycles. The van der Waals surface area contributed by atoms with Crippen molar-refractivity contribution >= 4 is 15.9 Å². The molecule has 0 aliphatic heterocycles. The fraction of sp³-hybridized carbons (Fsp3) is 0.455. The third kappa shape index (κ3) is 4.44. The standard InChI is InChI=1S/C11H15BrO/c1-2-6-11(12)13-9-10-7-4-3-5-8-10/h3-5,7-8,11H,2,6,9H2,1H3. The van der Waals surface area contributed by atoms with Crippen LogP contribution in [0.5, 0.6) is 0 Å². The predicted octanol–water partition coefficient (Wildman–Crippen LogP) is 3.72. The highest BCUT2D eigenvalue weighted by Gasteiger charge is 2.01. The lowest BCUT2D eigenvalue weighted by Crippen LogP contribution is -2.03. The summed E-state index contributed by atoms with van der Waals surface area (Å²) in [6, 6.07) is 10.2. The van der Waals surface area contributed by atoms with Crippen LogP contribution in [0.4, 0.5) is 0 Å². The number of rotatable bonds is 5. The molecule has 0 amide bonds. The van der Waals surface area contributed by atoms with Gasteiger partial charge >= 0.3 is 0 Å². The van der Waals surface area contributed by atoms with Crippen molar-refractivity contribution in [3.63, 3.8) is 0 Å². The van der Waals surface area contributed by atoms with E-state index < -0.39 is 0 Å². The summed E-state index contributed by atoms with van der Waals surface area (Å²) in [7, 11) is 0. The lowest BCUT2D eigenvalue weighted by molar-refractivity contribution is 0.0977. The second kappa shape index (κ2) is 6.17. The molecular formula is C11H15BrO. The summed E-state index contributed by atoms with van der Waals surface area (Å²) in [4.78, 5) is 0. The number of hydrogen-bond donors (Lipinski definition) is 0. The van der Waals surface area contributed by atoms with E-state index in [-0.39, 0.29) is 5.01 Å². The summed E-state index contributed by atoms with van der Waals surface area (Å²) >= 11 is 3.47. The molecule has 0 saturated carbocycles. The van der Waals surface area contributed by atoms with E-state index in [1.165, 1.54) is 5.56 Å². The molecule has 1 atom stereocenters. The molecule has 0 heterocycles. The molecule has 0 fully saturated rings. The number of halogens is 1. The van der Waals surface area contributed by atoms with Gasteiger partial charge in [0.25, 0.3) is 0 Å². The predicted molar refractivity (Wildman–Crippen MR) is 58.9 cm³/mol. The fourth-order valence-corrected chi connectivity index (χ4v) is 1.66. The molecule has 1 rings (SSSR count). The Morgan fingerprint density at radius 1 is 1.31 bits per heavy atom. The minimum atomic E-state index is 0.192. The van der Waals surface area contributed by atoms with E-state index in [9.17, 15) is 0 Å². The lowest BCUT2D eigenvalue weighted by Gasteiger charge is -2.09. The number of benzene rings is 1. The number of alkyl halides is 1. The third-order valence-electron chi connectivity index (χ3n) is 1.79. The molecule has 0 radical (unpaired) electrons. The van der Waals surface area contributed by atoms with Gasteiger partial charge in [0.05, 0.1) is 6.61 Å². The average Bonchev–Trinajstić information content (AvgIpc) is 2.17. The summed E-state index contributed by atoms with van der Waals surface area (Å²) in [6.07, 6.45) is 2.21. The Morgan fingerprint density at radius 2 is 2.00 bits per heavy atom. The summed E-state index contributed by atoms with van der Waals surface area (Å²) in [6.45, 7) is 2.84. The minimum absolute atomic E-state index is 0.192. The van der Waals surface area contributed by atoms with Crippen molar-refractivity contribution in [1.29, 1.82) is 0 Å². The van der Waals surface area contributed by atoms with Gasteiger partial charge in [-0.1, -0.05) is 59.6 Å². The smallest absolute Gasteiger partial charge is 0.112 e. The summed E-state index contributed by atoms with van der Waals surface area (Å²) < 4.78 is 5.59.